The summed E-state index contributed by atoms with van der Waals surface area (Å²) in [5.74, 6) is 0.918. The minimum atomic E-state index is -0.197. The number of nitrogens with one attached hydrogen (secondary N) is 2. The molecule has 0 radical (unpaired) electrons. The fourth-order valence-corrected chi connectivity index (χ4v) is 5.44. The highest BCUT2D eigenvalue weighted by molar-refractivity contribution is 6.31. The summed E-state index contributed by atoms with van der Waals surface area (Å²) in [4.78, 5) is 37.3. The summed E-state index contributed by atoms with van der Waals surface area (Å²) in [6.45, 7) is 5.85. The van der Waals surface area contributed by atoms with Crippen LogP contribution in [0.4, 0.5) is 5.82 Å². The summed E-state index contributed by atoms with van der Waals surface area (Å²) < 4.78 is 2.01. The van der Waals surface area contributed by atoms with Gasteiger partial charge >= 0.3 is 0 Å². The third-order valence-electron chi connectivity index (χ3n) is 7.27. The number of amides is 2. The molecule has 4 aromatic rings. The Kier molecular flexibility index (Phi) is 7.84. The second-order valence-electron chi connectivity index (χ2n) is 9.95. The van der Waals surface area contributed by atoms with E-state index in [1.54, 1.807) is 29.2 Å². The van der Waals surface area contributed by atoms with E-state index in [9.17, 15) is 9.59 Å². The Bertz CT molecular complexity index is 1470. The van der Waals surface area contributed by atoms with Gasteiger partial charge in [-0.3, -0.25) is 14.5 Å². The van der Waals surface area contributed by atoms with Crippen LogP contribution < -0.4 is 10.2 Å². The first-order valence-electron chi connectivity index (χ1n) is 13.5. The Morgan fingerprint density at radius 3 is 2.84 bits per heavy atom. The molecule has 2 amide bonds. The van der Waals surface area contributed by atoms with E-state index in [4.69, 9.17) is 16.6 Å². The van der Waals surface area contributed by atoms with Crippen molar-refractivity contribution in [1.29, 1.82) is 0 Å². The number of benzene rings is 2. The number of imidazole rings is 1. The van der Waals surface area contributed by atoms with Gasteiger partial charge < -0.3 is 14.9 Å². The zero-order chi connectivity index (χ0) is 26.6. The molecule has 0 fully saturated rings. The molecule has 198 valence electrons. The summed E-state index contributed by atoms with van der Waals surface area (Å²) in [5, 5.41) is 4.80. The molecule has 0 atom stereocenters. The van der Waals surface area contributed by atoms with Crippen LogP contribution in [-0.4, -0.2) is 39.4 Å². The van der Waals surface area contributed by atoms with Gasteiger partial charge in [0.25, 0.3) is 11.8 Å². The number of aryl methyl sites for hydroxylation is 2. The predicted octanol–water partition coefficient (Wildman–Crippen LogP) is 6.08. The number of hydrogen-bond acceptors (Lipinski definition) is 3. The molecule has 1 aliphatic rings. The van der Waals surface area contributed by atoms with Gasteiger partial charge in [-0.25, -0.2) is 4.98 Å². The second-order valence-corrected chi connectivity index (χ2v) is 10.4. The van der Waals surface area contributed by atoms with Gasteiger partial charge in [0.1, 0.15) is 5.82 Å². The smallest absolute Gasteiger partial charge is 0.271 e. The van der Waals surface area contributed by atoms with Crippen molar-refractivity contribution in [2.45, 2.75) is 58.9 Å². The highest BCUT2D eigenvalue weighted by Gasteiger charge is 2.31. The first-order valence-corrected chi connectivity index (χ1v) is 13.9. The summed E-state index contributed by atoms with van der Waals surface area (Å²) in [6.07, 6.45) is 7.23. The molecule has 38 heavy (non-hydrogen) atoms. The second kappa shape index (κ2) is 11.4. The SMILES string of the molecule is CCCCN(C(=O)c1cccc(Cl)c1)c1nc2n(c1C(=O)NCCc1c[nH]c3c(C)cccc13)CCCC2. The molecule has 5 rings (SSSR count). The van der Waals surface area contributed by atoms with Crippen LogP contribution in [0.3, 0.4) is 0 Å². The van der Waals surface area contributed by atoms with E-state index >= 15 is 0 Å². The van der Waals surface area contributed by atoms with Crippen LogP contribution >= 0.6 is 11.6 Å². The van der Waals surface area contributed by atoms with Gasteiger partial charge in [-0.2, -0.15) is 0 Å². The molecule has 7 nitrogen and oxygen atoms in total. The minimum absolute atomic E-state index is 0.195. The topological polar surface area (TPSA) is 83.0 Å². The standard InChI is InChI=1S/C30H34ClN5O2/c1-3-4-16-36(30(38)21-10-8-11-23(31)18-21)28-27(35-17-6-5-13-25(35)34-28)29(37)32-15-14-22-19-33-26-20(2)9-7-12-24(22)26/h7-12,18-19,33H,3-6,13-17H2,1-2H3,(H,32,37). The molecule has 0 unspecified atom stereocenters. The average Bonchev–Trinajstić information content (AvgIpc) is 3.51. The van der Waals surface area contributed by atoms with Gasteiger partial charge in [0.2, 0.25) is 0 Å². The highest BCUT2D eigenvalue weighted by Crippen LogP contribution is 2.28. The molecule has 0 saturated heterocycles. The van der Waals surface area contributed by atoms with E-state index < -0.39 is 0 Å². The van der Waals surface area contributed by atoms with Crippen molar-refractivity contribution in [1.82, 2.24) is 19.9 Å². The number of para-hydroxylation sites is 1. The summed E-state index contributed by atoms with van der Waals surface area (Å²) in [5.41, 5.74) is 4.46. The van der Waals surface area contributed by atoms with E-state index in [-0.39, 0.29) is 11.8 Å². The third-order valence-corrected chi connectivity index (χ3v) is 7.51. The first kappa shape index (κ1) is 26.0. The number of aromatic amines is 1. The molecule has 2 aromatic heterocycles. The largest absolute Gasteiger partial charge is 0.361 e. The first-order chi connectivity index (χ1) is 18.5. The molecular formula is C30H34ClN5O2. The van der Waals surface area contributed by atoms with Gasteiger partial charge in [-0.1, -0.05) is 49.2 Å². The molecule has 0 spiro atoms. The van der Waals surface area contributed by atoms with E-state index in [0.29, 0.717) is 41.6 Å². The van der Waals surface area contributed by atoms with E-state index in [2.05, 4.69) is 42.3 Å². The Balaban J connectivity index is 1.43. The highest BCUT2D eigenvalue weighted by atomic mass is 35.5. The fourth-order valence-electron chi connectivity index (χ4n) is 5.24. The maximum absolute atomic E-state index is 13.7. The number of H-pyrrole nitrogens is 1. The normalized spacial score (nSPS) is 12.9. The Labute approximate surface area is 228 Å². The van der Waals surface area contributed by atoms with E-state index in [0.717, 1.165) is 50.0 Å². The molecule has 1 aliphatic heterocycles. The summed E-state index contributed by atoms with van der Waals surface area (Å²) in [6, 6.07) is 13.2. The number of carbonyl (C=O) groups is 2. The van der Waals surface area contributed by atoms with Crippen molar-refractivity contribution in [3.8, 4) is 0 Å². The summed E-state index contributed by atoms with van der Waals surface area (Å²) in [7, 11) is 0. The maximum Gasteiger partial charge on any atom is 0.271 e. The monoisotopic (exact) mass is 531 g/mol. The summed E-state index contributed by atoms with van der Waals surface area (Å²) >= 11 is 6.20. The van der Waals surface area contributed by atoms with Gasteiger partial charge in [0, 0.05) is 53.7 Å². The number of hydrogen-bond donors (Lipinski definition) is 2. The lowest BCUT2D eigenvalue weighted by Gasteiger charge is -2.22. The van der Waals surface area contributed by atoms with Crippen LogP contribution in [0.15, 0.2) is 48.7 Å². The lowest BCUT2D eigenvalue weighted by atomic mass is 10.1. The number of aromatic nitrogens is 3. The quantitative estimate of drug-likeness (QED) is 0.274. The van der Waals surface area contributed by atoms with Crippen LogP contribution in [0.2, 0.25) is 5.02 Å². The maximum atomic E-state index is 13.7. The van der Waals surface area contributed by atoms with E-state index in [1.165, 1.54) is 16.5 Å². The minimum Gasteiger partial charge on any atom is -0.361 e. The van der Waals surface area contributed by atoms with Crippen molar-refractivity contribution in [2.75, 3.05) is 18.0 Å². The molecular weight excluding hydrogens is 498 g/mol. The van der Waals surface area contributed by atoms with Crippen LogP contribution in [0.5, 0.6) is 0 Å². The van der Waals surface area contributed by atoms with Gasteiger partial charge in [-0.05, 0) is 61.9 Å². The number of fused-ring (bicyclic) bond motifs is 2. The molecule has 0 aliphatic carbocycles. The molecule has 3 heterocycles. The number of unbranched alkanes of at least 4 members (excludes halogenated alkanes) is 1. The van der Waals surface area contributed by atoms with Crippen LogP contribution in [-0.2, 0) is 19.4 Å². The number of nitrogens with zero attached hydrogens (tertiary/aromatic N) is 3. The van der Waals surface area contributed by atoms with Gasteiger partial charge in [0.15, 0.2) is 11.5 Å². The molecule has 0 bridgehead atoms. The lowest BCUT2D eigenvalue weighted by molar-refractivity contribution is 0.0944. The zero-order valence-electron chi connectivity index (χ0n) is 22.0. The van der Waals surface area contributed by atoms with E-state index in [1.807, 2.05) is 10.8 Å². The predicted molar refractivity (Wildman–Crippen MR) is 152 cm³/mol. The number of anilines is 1. The number of halogens is 1. The number of rotatable bonds is 9. The average molecular weight is 532 g/mol. The zero-order valence-corrected chi connectivity index (χ0v) is 22.8. The fraction of sp³-hybridized carbons (Fsp3) is 0.367. The van der Waals surface area contributed by atoms with Crippen LogP contribution in [0, 0.1) is 6.92 Å². The Morgan fingerprint density at radius 1 is 1.18 bits per heavy atom. The number of carbonyl (C=O) groups excluding carboxylic acids is 2. The van der Waals surface area contributed by atoms with Gasteiger partial charge in [-0.15, -0.1) is 0 Å². The molecule has 0 saturated carbocycles. The molecule has 8 heteroatoms. The van der Waals surface area contributed by atoms with Crippen molar-refractivity contribution in [2.24, 2.45) is 0 Å². The van der Waals surface area contributed by atoms with Crippen molar-refractivity contribution in [3.63, 3.8) is 0 Å². The van der Waals surface area contributed by atoms with Crippen molar-refractivity contribution >= 4 is 40.1 Å². The Hall–Kier alpha value is -3.58. The third kappa shape index (κ3) is 5.20. The van der Waals surface area contributed by atoms with Crippen molar-refractivity contribution in [3.05, 3.63) is 81.9 Å². The van der Waals surface area contributed by atoms with Crippen LogP contribution in [0.1, 0.15) is 70.4 Å². The molecule has 2 aromatic carbocycles. The van der Waals surface area contributed by atoms with Crippen LogP contribution in [0.25, 0.3) is 10.9 Å². The van der Waals surface area contributed by atoms with Gasteiger partial charge in [0.05, 0.1) is 0 Å². The van der Waals surface area contributed by atoms with Crippen molar-refractivity contribution < 1.29 is 9.59 Å². The Morgan fingerprint density at radius 2 is 2.03 bits per heavy atom. The molecule has 2 N–H and O–H groups in total. The lowest BCUT2D eigenvalue weighted by Crippen LogP contribution is -2.36.